The van der Waals surface area contributed by atoms with E-state index in [0.717, 1.165) is 11.3 Å². The quantitative estimate of drug-likeness (QED) is 0.845. The molecule has 17 heavy (non-hydrogen) atoms. The Morgan fingerprint density at radius 1 is 1.12 bits per heavy atom. The van der Waals surface area contributed by atoms with Crippen LogP contribution in [0.1, 0.15) is 17.2 Å². The summed E-state index contributed by atoms with van der Waals surface area (Å²) in [5, 5.41) is 13.1. The number of aromatic nitrogens is 1. The van der Waals surface area contributed by atoms with Crippen LogP contribution in [-0.4, -0.2) is 16.6 Å². The predicted octanol–water partition coefficient (Wildman–Crippen LogP) is 2.54. The van der Waals surface area contributed by atoms with Crippen LogP contribution >= 0.6 is 0 Å². The topological polar surface area (TPSA) is 45.1 Å². The molecule has 3 nitrogen and oxygen atoms in total. The minimum absolute atomic E-state index is 0.493. The molecule has 0 aliphatic heterocycles. The van der Waals surface area contributed by atoms with Crippen molar-refractivity contribution in [3.8, 4) is 0 Å². The standard InChI is InChI=1S/C14H16N2O/c1-11-2-4-13(5-3-11)16-10-14(17)12-6-8-15-9-7-12/h2-9,14,16-17H,10H2,1H3. The molecule has 0 saturated heterocycles. The van der Waals surface area contributed by atoms with E-state index in [4.69, 9.17) is 0 Å². The van der Waals surface area contributed by atoms with Gasteiger partial charge in [-0.2, -0.15) is 0 Å². The number of hydrogen-bond donors (Lipinski definition) is 2. The second-order valence-electron chi connectivity index (χ2n) is 4.04. The fraction of sp³-hybridized carbons (Fsp3) is 0.214. The van der Waals surface area contributed by atoms with Crippen LogP contribution in [0.3, 0.4) is 0 Å². The maximum absolute atomic E-state index is 9.95. The number of aliphatic hydroxyl groups excluding tert-OH is 1. The molecular weight excluding hydrogens is 212 g/mol. The van der Waals surface area contributed by atoms with Crippen molar-refractivity contribution in [3.63, 3.8) is 0 Å². The van der Waals surface area contributed by atoms with Gasteiger partial charge in [0.15, 0.2) is 0 Å². The second-order valence-corrected chi connectivity index (χ2v) is 4.04. The Kier molecular flexibility index (Phi) is 3.73. The number of rotatable bonds is 4. The number of nitrogens with one attached hydrogen (secondary N) is 1. The lowest BCUT2D eigenvalue weighted by molar-refractivity contribution is 0.191. The first kappa shape index (κ1) is 11.6. The highest BCUT2D eigenvalue weighted by Gasteiger charge is 2.06. The monoisotopic (exact) mass is 228 g/mol. The van der Waals surface area contributed by atoms with Crippen molar-refractivity contribution >= 4 is 5.69 Å². The van der Waals surface area contributed by atoms with E-state index >= 15 is 0 Å². The van der Waals surface area contributed by atoms with Crippen LogP contribution in [-0.2, 0) is 0 Å². The lowest BCUT2D eigenvalue weighted by Gasteiger charge is -2.13. The summed E-state index contributed by atoms with van der Waals surface area (Å²) in [6.45, 7) is 2.54. The zero-order chi connectivity index (χ0) is 12.1. The molecule has 0 radical (unpaired) electrons. The molecule has 2 aromatic rings. The van der Waals surface area contributed by atoms with E-state index in [0.29, 0.717) is 6.54 Å². The summed E-state index contributed by atoms with van der Waals surface area (Å²) < 4.78 is 0. The molecule has 3 heteroatoms. The van der Waals surface area contributed by atoms with E-state index in [1.165, 1.54) is 5.56 Å². The maximum atomic E-state index is 9.95. The lowest BCUT2D eigenvalue weighted by atomic mass is 10.1. The zero-order valence-corrected chi connectivity index (χ0v) is 9.80. The third-order valence-electron chi connectivity index (χ3n) is 2.64. The van der Waals surface area contributed by atoms with Gasteiger partial charge >= 0.3 is 0 Å². The fourth-order valence-electron chi connectivity index (χ4n) is 1.59. The highest BCUT2D eigenvalue weighted by molar-refractivity contribution is 5.44. The van der Waals surface area contributed by atoms with E-state index in [9.17, 15) is 5.11 Å². The van der Waals surface area contributed by atoms with Gasteiger partial charge in [-0.3, -0.25) is 4.98 Å². The largest absolute Gasteiger partial charge is 0.387 e. The molecule has 0 fully saturated rings. The van der Waals surface area contributed by atoms with Crippen molar-refractivity contribution in [2.75, 3.05) is 11.9 Å². The molecular formula is C14H16N2O. The Bertz CT molecular complexity index is 453. The summed E-state index contributed by atoms with van der Waals surface area (Å²) in [5.41, 5.74) is 3.12. The van der Waals surface area contributed by atoms with Crippen LogP contribution in [0.4, 0.5) is 5.69 Å². The number of benzene rings is 1. The zero-order valence-electron chi connectivity index (χ0n) is 9.80. The average molecular weight is 228 g/mol. The van der Waals surface area contributed by atoms with Gasteiger partial charge in [-0.1, -0.05) is 17.7 Å². The van der Waals surface area contributed by atoms with Crippen molar-refractivity contribution in [3.05, 3.63) is 59.9 Å². The third-order valence-corrected chi connectivity index (χ3v) is 2.64. The molecule has 0 aliphatic rings. The van der Waals surface area contributed by atoms with Gasteiger partial charge < -0.3 is 10.4 Å². The molecule has 1 aromatic carbocycles. The Balaban J connectivity index is 1.92. The molecule has 0 spiro atoms. The molecule has 0 saturated carbocycles. The Morgan fingerprint density at radius 3 is 2.41 bits per heavy atom. The average Bonchev–Trinajstić information content (AvgIpc) is 2.39. The third kappa shape index (κ3) is 3.29. The van der Waals surface area contributed by atoms with Gasteiger partial charge in [-0.15, -0.1) is 0 Å². The SMILES string of the molecule is Cc1ccc(NCC(O)c2ccncc2)cc1. The van der Waals surface area contributed by atoms with Crippen LogP contribution in [0.25, 0.3) is 0 Å². The summed E-state index contributed by atoms with van der Waals surface area (Å²) in [6.07, 6.45) is 2.86. The Labute approximate surface area is 101 Å². The first-order chi connectivity index (χ1) is 8.25. The number of anilines is 1. The van der Waals surface area contributed by atoms with Gasteiger partial charge in [-0.05, 0) is 36.8 Å². The molecule has 0 bridgehead atoms. The van der Waals surface area contributed by atoms with E-state index < -0.39 is 6.10 Å². The van der Waals surface area contributed by atoms with Crippen molar-refractivity contribution in [2.24, 2.45) is 0 Å². The molecule has 1 heterocycles. The highest BCUT2D eigenvalue weighted by atomic mass is 16.3. The van der Waals surface area contributed by atoms with Crippen LogP contribution in [0.2, 0.25) is 0 Å². The van der Waals surface area contributed by atoms with Gasteiger partial charge in [0, 0.05) is 24.6 Å². The number of pyridine rings is 1. The molecule has 0 aliphatic carbocycles. The number of aliphatic hydroxyl groups is 1. The van der Waals surface area contributed by atoms with Crippen LogP contribution < -0.4 is 5.32 Å². The summed E-state index contributed by atoms with van der Waals surface area (Å²) in [7, 11) is 0. The summed E-state index contributed by atoms with van der Waals surface area (Å²) >= 11 is 0. The first-order valence-corrected chi connectivity index (χ1v) is 5.64. The van der Waals surface area contributed by atoms with E-state index in [2.05, 4.69) is 17.2 Å². The van der Waals surface area contributed by atoms with E-state index in [1.54, 1.807) is 12.4 Å². The lowest BCUT2D eigenvalue weighted by Crippen LogP contribution is -2.12. The van der Waals surface area contributed by atoms with Gasteiger partial charge in [0.1, 0.15) is 0 Å². The van der Waals surface area contributed by atoms with Crippen molar-refractivity contribution in [1.29, 1.82) is 0 Å². The molecule has 2 N–H and O–H groups in total. The molecule has 1 atom stereocenters. The maximum Gasteiger partial charge on any atom is 0.0963 e. The Morgan fingerprint density at radius 2 is 1.76 bits per heavy atom. The van der Waals surface area contributed by atoms with Crippen LogP contribution in [0.15, 0.2) is 48.8 Å². The predicted molar refractivity (Wildman–Crippen MR) is 68.9 cm³/mol. The van der Waals surface area contributed by atoms with E-state index in [-0.39, 0.29) is 0 Å². The minimum Gasteiger partial charge on any atom is -0.387 e. The summed E-state index contributed by atoms with van der Waals surface area (Å²) in [4.78, 5) is 3.92. The van der Waals surface area contributed by atoms with Gasteiger partial charge in [-0.25, -0.2) is 0 Å². The first-order valence-electron chi connectivity index (χ1n) is 5.64. The van der Waals surface area contributed by atoms with Crippen LogP contribution in [0.5, 0.6) is 0 Å². The number of aryl methyl sites for hydroxylation is 1. The second kappa shape index (κ2) is 5.46. The molecule has 1 unspecified atom stereocenters. The van der Waals surface area contributed by atoms with Crippen molar-refractivity contribution < 1.29 is 5.11 Å². The van der Waals surface area contributed by atoms with Gasteiger partial charge in [0.05, 0.1) is 6.10 Å². The van der Waals surface area contributed by atoms with E-state index in [1.807, 2.05) is 36.4 Å². The van der Waals surface area contributed by atoms with Crippen LogP contribution in [0, 0.1) is 6.92 Å². The summed E-state index contributed by atoms with van der Waals surface area (Å²) in [5.74, 6) is 0. The van der Waals surface area contributed by atoms with Gasteiger partial charge in [0.2, 0.25) is 0 Å². The van der Waals surface area contributed by atoms with Gasteiger partial charge in [0.25, 0.3) is 0 Å². The normalized spacial score (nSPS) is 12.1. The summed E-state index contributed by atoms with van der Waals surface area (Å²) in [6, 6.07) is 11.7. The molecule has 1 aromatic heterocycles. The number of hydrogen-bond acceptors (Lipinski definition) is 3. The van der Waals surface area contributed by atoms with Crippen molar-refractivity contribution in [1.82, 2.24) is 4.98 Å². The smallest absolute Gasteiger partial charge is 0.0963 e. The van der Waals surface area contributed by atoms with Crippen molar-refractivity contribution in [2.45, 2.75) is 13.0 Å². The molecule has 0 amide bonds. The minimum atomic E-state index is -0.515. The molecule has 2 rings (SSSR count). The highest BCUT2D eigenvalue weighted by Crippen LogP contribution is 2.14. The molecule has 88 valence electrons. The number of nitrogens with zero attached hydrogens (tertiary/aromatic N) is 1. The fourth-order valence-corrected chi connectivity index (χ4v) is 1.59. The Hall–Kier alpha value is -1.87.